The Balaban J connectivity index is 2.66. The van der Waals surface area contributed by atoms with Gasteiger partial charge >= 0.3 is 0 Å². The molecule has 0 aliphatic carbocycles. The molecular weight excluding hydrogens is 206 g/mol. The van der Waals surface area contributed by atoms with Gasteiger partial charge in [-0.2, -0.15) is 0 Å². The van der Waals surface area contributed by atoms with Crippen LogP contribution in [0, 0.1) is 0 Å². The molecule has 0 spiro atoms. The van der Waals surface area contributed by atoms with E-state index in [4.69, 9.17) is 9.47 Å². The van der Waals surface area contributed by atoms with Crippen LogP contribution in [0.2, 0.25) is 0 Å². The van der Waals surface area contributed by atoms with Gasteiger partial charge in [0, 0.05) is 11.8 Å². The molecule has 4 nitrogen and oxygen atoms in total. The van der Waals surface area contributed by atoms with Gasteiger partial charge in [0.15, 0.2) is 5.78 Å². The largest absolute Gasteiger partial charge is 0.495 e. The molecule has 16 heavy (non-hydrogen) atoms. The lowest BCUT2D eigenvalue weighted by atomic mass is 10.1. The van der Waals surface area contributed by atoms with E-state index >= 15 is 0 Å². The van der Waals surface area contributed by atoms with Crippen LogP contribution in [-0.2, 0) is 4.74 Å². The van der Waals surface area contributed by atoms with Crippen LogP contribution >= 0.6 is 0 Å². The van der Waals surface area contributed by atoms with Crippen molar-refractivity contribution < 1.29 is 14.3 Å². The van der Waals surface area contributed by atoms with Gasteiger partial charge in [-0.15, -0.1) is 0 Å². The molecule has 0 N–H and O–H groups in total. The fourth-order valence-corrected chi connectivity index (χ4v) is 1.05. The summed E-state index contributed by atoms with van der Waals surface area (Å²) in [5.74, 6) is 0.475. The number of methoxy groups -OCH3 is 1. The molecule has 4 heteroatoms. The number of carbonyl (C=O) groups excluding carboxylic acids is 1. The molecule has 0 bridgehead atoms. The molecule has 1 aromatic heterocycles. The van der Waals surface area contributed by atoms with Crippen LogP contribution in [0.15, 0.2) is 18.5 Å². The fourth-order valence-electron chi connectivity index (χ4n) is 1.05. The third-order valence-corrected chi connectivity index (χ3v) is 1.91. The van der Waals surface area contributed by atoms with E-state index in [2.05, 4.69) is 4.98 Å². The maximum absolute atomic E-state index is 11.7. The molecule has 0 saturated heterocycles. The van der Waals surface area contributed by atoms with Crippen molar-refractivity contribution in [1.82, 2.24) is 4.98 Å². The molecule has 0 radical (unpaired) electrons. The number of Topliss-reactive ketones (excluding diaryl/α,β-unsaturated/α-hetero) is 1. The SMILES string of the molecule is COc1cncc(C(=O)COC(C)(C)C)c1. The number of ether oxygens (including phenoxy) is 2. The Bertz CT molecular complexity index is 369. The minimum absolute atomic E-state index is 0.0539. The Morgan fingerprint density at radius 2 is 2.06 bits per heavy atom. The van der Waals surface area contributed by atoms with Crippen LogP contribution in [0.4, 0.5) is 0 Å². The van der Waals surface area contributed by atoms with E-state index in [1.807, 2.05) is 20.8 Å². The predicted octanol–water partition coefficient (Wildman–Crippen LogP) is 2.09. The second-order valence-corrected chi connectivity index (χ2v) is 4.44. The maximum Gasteiger partial charge on any atom is 0.190 e. The Morgan fingerprint density at radius 1 is 1.38 bits per heavy atom. The summed E-state index contributed by atoms with van der Waals surface area (Å²) >= 11 is 0. The average Bonchev–Trinajstić information content (AvgIpc) is 2.25. The first-order valence-electron chi connectivity index (χ1n) is 5.08. The van der Waals surface area contributed by atoms with Crippen LogP contribution in [0.5, 0.6) is 5.75 Å². The molecule has 1 heterocycles. The summed E-state index contributed by atoms with van der Waals surface area (Å²) in [5.41, 5.74) is 0.186. The number of carbonyl (C=O) groups is 1. The van der Waals surface area contributed by atoms with E-state index in [1.165, 1.54) is 13.3 Å². The van der Waals surface area contributed by atoms with Crippen LogP contribution < -0.4 is 4.74 Å². The molecule has 0 aliphatic rings. The second kappa shape index (κ2) is 5.07. The van der Waals surface area contributed by atoms with Crippen molar-refractivity contribution in [2.75, 3.05) is 13.7 Å². The number of hydrogen-bond acceptors (Lipinski definition) is 4. The van der Waals surface area contributed by atoms with Crippen molar-refractivity contribution >= 4 is 5.78 Å². The van der Waals surface area contributed by atoms with Gasteiger partial charge in [-0.3, -0.25) is 9.78 Å². The number of nitrogens with zero attached hydrogens (tertiary/aromatic N) is 1. The second-order valence-electron chi connectivity index (χ2n) is 4.44. The van der Waals surface area contributed by atoms with Crippen molar-refractivity contribution in [2.45, 2.75) is 26.4 Å². The molecule has 88 valence electrons. The number of rotatable bonds is 4. The Morgan fingerprint density at radius 3 is 2.62 bits per heavy atom. The maximum atomic E-state index is 11.7. The van der Waals surface area contributed by atoms with Crippen LogP contribution in [0.25, 0.3) is 0 Å². The standard InChI is InChI=1S/C12H17NO3/c1-12(2,3)16-8-11(14)9-5-10(15-4)7-13-6-9/h5-7H,8H2,1-4H3. The van der Waals surface area contributed by atoms with E-state index in [-0.39, 0.29) is 18.0 Å². The molecule has 0 saturated carbocycles. The molecule has 1 aromatic rings. The lowest BCUT2D eigenvalue weighted by molar-refractivity contribution is 0.00304. The van der Waals surface area contributed by atoms with Crippen molar-refractivity contribution in [1.29, 1.82) is 0 Å². The third kappa shape index (κ3) is 3.98. The quantitative estimate of drug-likeness (QED) is 0.733. The first-order valence-corrected chi connectivity index (χ1v) is 5.08. The number of hydrogen-bond donors (Lipinski definition) is 0. The van der Waals surface area contributed by atoms with Gasteiger partial charge in [-0.1, -0.05) is 0 Å². The molecule has 0 aromatic carbocycles. The normalized spacial score (nSPS) is 11.2. The van der Waals surface area contributed by atoms with Gasteiger partial charge in [0.2, 0.25) is 0 Å². The topological polar surface area (TPSA) is 48.4 Å². The van der Waals surface area contributed by atoms with Gasteiger partial charge < -0.3 is 9.47 Å². The minimum Gasteiger partial charge on any atom is -0.495 e. The van der Waals surface area contributed by atoms with Gasteiger partial charge in [-0.25, -0.2) is 0 Å². The Kier molecular flexibility index (Phi) is 4.01. The van der Waals surface area contributed by atoms with Gasteiger partial charge in [-0.05, 0) is 26.8 Å². The zero-order valence-corrected chi connectivity index (χ0v) is 10.1. The lowest BCUT2D eigenvalue weighted by Crippen LogP contribution is -2.23. The third-order valence-electron chi connectivity index (χ3n) is 1.91. The molecule has 0 unspecified atom stereocenters. The highest BCUT2D eigenvalue weighted by Gasteiger charge is 2.14. The van der Waals surface area contributed by atoms with Gasteiger partial charge in [0.25, 0.3) is 0 Å². The zero-order chi connectivity index (χ0) is 12.2. The van der Waals surface area contributed by atoms with E-state index in [0.717, 1.165) is 0 Å². The van der Waals surface area contributed by atoms with E-state index in [9.17, 15) is 4.79 Å². The summed E-state index contributed by atoms with van der Waals surface area (Å²) in [6, 6.07) is 1.65. The number of ketones is 1. The highest BCUT2D eigenvalue weighted by Crippen LogP contribution is 2.12. The first-order chi connectivity index (χ1) is 7.42. The summed E-state index contributed by atoms with van der Waals surface area (Å²) in [4.78, 5) is 15.7. The molecular formula is C12H17NO3. The zero-order valence-electron chi connectivity index (χ0n) is 10.1. The van der Waals surface area contributed by atoms with E-state index in [1.54, 1.807) is 12.3 Å². The summed E-state index contributed by atoms with van der Waals surface area (Å²) in [7, 11) is 1.54. The Labute approximate surface area is 95.6 Å². The average molecular weight is 223 g/mol. The van der Waals surface area contributed by atoms with Crippen molar-refractivity contribution in [3.8, 4) is 5.75 Å². The summed E-state index contributed by atoms with van der Waals surface area (Å²) in [5, 5.41) is 0. The molecule has 0 fully saturated rings. The molecule has 0 amide bonds. The lowest BCUT2D eigenvalue weighted by Gasteiger charge is -2.18. The highest BCUT2D eigenvalue weighted by atomic mass is 16.5. The van der Waals surface area contributed by atoms with Crippen LogP contribution in [-0.4, -0.2) is 30.1 Å². The summed E-state index contributed by atoms with van der Waals surface area (Å²) in [6.45, 7) is 5.77. The highest BCUT2D eigenvalue weighted by molar-refractivity contribution is 5.97. The number of pyridine rings is 1. The van der Waals surface area contributed by atoms with Crippen molar-refractivity contribution in [2.24, 2.45) is 0 Å². The first kappa shape index (κ1) is 12.6. The molecule has 0 aliphatic heterocycles. The summed E-state index contributed by atoms with van der Waals surface area (Å²) < 4.78 is 10.4. The molecule has 0 atom stereocenters. The Hall–Kier alpha value is -1.42. The van der Waals surface area contributed by atoms with Crippen LogP contribution in [0.1, 0.15) is 31.1 Å². The van der Waals surface area contributed by atoms with Gasteiger partial charge in [0.1, 0.15) is 12.4 Å². The monoisotopic (exact) mass is 223 g/mol. The summed E-state index contributed by atoms with van der Waals surface area (Å²) in [6.07, 6.45) is 3.07. The van der Waals surface area contributed by atoms with Crippen LogP contribution in [0.3, 0.4) is 0 Å². The minimum atomic E-state index is -0.318. The fraction of sp³-hybridized carbons (Fsp3) is 0.500. The smallest absolute Gasteiger partial charge is 0.190 e. The van der Waals surface area contributed by atoms with Crippen molar-refractivity contribution in [3.05, 3.63) is 24.0 Å². The van der Waals surface area contributed by atoms with Gasteiger partial charge in [0.05, 0.1) is 18.9 Å². The molecule has 1 rings (SSSR count). The van der Waals surface area contributed by atoms with E-state index in [0.29, 0.717) is 11.3 Å². The number of aromatic nitrogens is 1. The predicted molar refractivity (Wildman–Crippen MR) is 60.8 cm³/mol. The van der Waals surface area contributed by atoms with E-state index < -0.39 is 0 Å². The van der Waals surface area contributed by atoms with Crippen molar-refractivity contribution in [3.63, 3.8) is 0 Å².